The average molecular weight is 836 g/mol. The second-order valence-electron chi connectivity index (χ2n) is 18.6. The van der Waals surface area contributed by atoms with Gasteiger partial charge in [0.1, 0.15) is 6.10 Å². The van der Waals surface area contributed by atoms with Gasteiger partial charge < -0.3 is 20.3 Å². The number of ether oxygens (including phenoxy) is 1. The first-order valence-electron chi connectivity index (χ1n) is 26.8. The highest BCUT2D eigenvalue weighted by Crippen LogP contribution is 2.19. The van der Waals surface area contributed by atoms with E-state index >= 15 is 0 Å². The number of aliphatic hydroxyl groups is 2. The van der Waals surface area contributed by atoms with Crippen molar-refractivity contribution in [1.29, 1.82) is 0 Å². The minimum Gasteiger partial charge on any atom is -0.462 e. The molecule has 0 aromatic rings. The first-order valence-corrected chi connectivity index (χ1v) is 26.8. The molecule has 0 aliphatic rings. The Balaban J connectivity index is 4.49. The quantitative estimate of drug-likeness (QED) is 0.0419. The van der Waals surface area contributed by atoms with Gasteiger partial charge in [-0.25, -0.2) is 0 Å². The minimum absolute atomic E-state index is 0.0880. The Kier molecular flexibility index (Phi) is 47.0. The summed E-state index contributed by atoms with van der Waals surface area (Å²) < 4.78 is 5.94. The SMILES string of the molecule is CCCCCCCCCCCCCCCCC(O)C(CO)NC(=O)CC(CCCCCCCCCCCCCCC)OC(=O)CCCCCCCCCCCCCCC. The average Bonchev–Trinajstić information content (AvgIpc) is 3.23. The van der Waals surface area contributed by atoms with E-state index in [0.29, 0.717) is 19.3 Å². The Hall–Kier alpha value is -1.14. The molecule has 0 heterocycles. The van der Waals surface area contributed by atoms with Crippen LogP contribution >= 0.6 is 0 Å². The first kappa shape index (κ1) is 57.9. The topological polar surface area (TPSA) is 95.9 Å². The van der Waals surface area contributed by atoms with Crippen molar-refractivity contribution in [3.63, 3.8) is 0 Å². The third-order valence-electron chi connectivity index (χ3n) is 12.7. The zero-order chi connectivity index (χ0) is 43.1. The first-order chi connectivity index (χ1) is 29.0. The molecule has 59 heavy (non-hydrogen) atoms. The summed E-state index contributed by atoms with van der Waals surface area (Å²) in [5.74, 6) is -0.449. The summed E-state index contributed by atoms with van der Waals surface area (Å²) in [6.07, 6.45) is 51.6. The van der Waals surface area contributed by atoms with E-state index in [4.69, 9.17) is 4.74 Å². The van der Waals surface area contributed by atoms with Gasteiger partial charge in [-0.2, -0.15) is 0 Å². The normalized spacial score (nSPS) is 13.1. The molecule has 0 aliphatic heterocycles. The van der Waals surface area contributed by atoms with Crippen LogP contribution in [0.5, 0.6) is 0 Å². The summed E-state index contributed by atoms with van der Waals surface area (Å²) in [6.45, 7) is 6.52. The number of hydrogen-bond acceptors (Lipinski definition) is 5. The fourth-order valence-corrected chi connectivity index (χ4v) is 8.61. The Morgan fingerprint density at radius 1 is 0.424 bits per heavy atom. The van der Waals surface area contributed by atoms with E-state index in [9.17, 15) is 19.8 Å². The predicted molar refractivity (Wildman–Crippen MR) is 255 cm³/mol. The van der Waals surface area contributed by atoms with E-state index in [1.54, 1.807) is 0 Å². The second-order valence-corrected chi connectivity index (χ2v) is 18.6. The van der Waals surface area contributed by atoms with E-state index in [-0.39, 0.29) is 24.9 Å². The van der Waals surface area contributed by atoms with E-state index in [0.717, 1.165) is 38.5 Å². The van der Waals surface area contributed by atoms with Crippen LogP contribution in [0, 0.1) is 0 Å². The van der Waals surface area contributed by atoms with Crippen LogP contribution in [0.2, 0.25) is 0 Å². The molecule has 3 atom stereocenters. The smallest absolute Gasteiger partial charge is 0.306 e. The van der Waals surface area contributed by atoms with Crippen LogP contribution in [-0.2, 0) is 14.3 Å². The number of esters is 1. The molecule has 6 heteroatoms. The van der Waals surface area contributed by atoms with E-state index in [1.165, 1.54) is 218 Å². The predicted octanol–water partition coefficient (Wildman–Crippen LogP) is 16.0. The Morgan fingerprint density at radius 2 is 0.712 bits per heavy atom. The zero-order valence-electron chi connectivity index (χ0n) is 40.2. The molecule has 352 valence electrons. The molecule has 1 amide bonds. The van der Waals surface area contributed by atoms with Crippen molar-refractivity contribution < 1.29 is 24.5 Å². The summed E-state index contributed by atoms with van der Waals surface area (Å²) >= 11 is 0. The van der Waals surface area contributed by atoms with Crippen molar-refractivity contribution in [1.82, 2.24) is 5.32 Å². The van der Waals surface area contributed by atoms with Crippen LogP contribution in [0.3, 0.4) is 0 Å². The summed E-state index contributed by atoms with van der Waals surface area (Å²) in [4.78, 5) is 26.1. The molecule has 6 nitrogen and oxygen atoms in total. The highest BCUT2D eigenvalue weighted by Gasteiger charge is 2.24. The van der Waals surface area contributed by atoms with Crippen molar-refractivity contribution in [2.75, 3.05) is 6.61 Å². The molecule has 0 bridgehead atoms. The highest BCUT2D eigenvalue weighted by atomic mass is 16.5. The molecule has 0 rings (SSSR count). The lowest BCUT2D eigenvalue weighted by Gasteiger charge is -2.24. The maximum absolute atomic E-state index is 13.2. The number of nitrogens with one attached hydrogen (secondary N) is 1. The van der Waals surface area contributed by atoms with Gasteiger partial charge in [-0.3, -0.25) is 9.59 Å². The number of hydrogen-bond donors (Lipinski definition) is 3. The Morgan fingerprint density at radius 3 is 1.03 bits per heavy atom. The van der Waals surface area contributed by atoms with E-state index in [1.807, 2.05) is 0 Å². The van der Waals surface area contributed by atoms with Gasteiger partial charge in [0.15, 0.2) is 0 Å². The van der Waals surface area contributed by atoms with Gasteiger partial charge in [-0.15, -0.1) is 0 Å². The fourth-order valence-electron chi connectivity index (χ4n) is 8.61. The van der Waals surface area contributed by atoms with Crippen molar-refractivity contribution >= 4 is 11.9 Å². The number of amides is 1. The minimum atomic E-state index is -0.779. The molecular weight excluding hydrogens is 731 g/mol. The number of carbonyl (C=O) groups excluding carboxylic acids is 2. The van der Waals surface area contributed by atoms with Crippen molar-refractivity contribution in [2.45, 2.75) is 322 Å². The lowest BCUT2D eigenvalue weighted by atomic mass is 10.0. The fraction of sp³-hybridized carbons (Fsp3) is 0.962. The highest BCUT2D eigenvalue weighted by molar-refractivity contribution is 5.77. The Labute approximate surface area is 368 Å². The van der Waals surface area contributed by atoms with Crippen molar-refractivity contribution in [3.8, 4) is 0 Å². The standard InChI is InChI=1S/C53H105NO5/c1-4-7-10-13-16-19-22-25-28-30-33-36-39-42-45-51(56)50(48-55)54-52(57)47-49(44-41-38-35-32-29-26-23-20-17-14-11-8-5-2)59-53(58)46-43-40-37-34-31-27-24-21-18-15-12-9-6-3/h49-51,55-56H,4-48H2,1-3H3,(H,54,57). The molecule has 0 saturated carbocycles. The van der Waals surface area contributed by atoms with Gasteiger partial charge in [0.05, 0.1) is 25.2 Å². The summed E-state index contributed by atoms with van der Waals surface area (Å²) in [7, 11) is 0. The van der Waals surface area contributed by atoms with Crippen LogP contribution in [0.1, 0.15) is 303 Å². The van der Waals surface area contributed by atoms with Gasteiger partial charge in [0.25, 0.3) is 0 Å². The summed E-state index contributed by atoms with van der Waals surface area (Å²) in [5, 5.41) is 23.8. The molecule has 0 aromatic heterocycles. The van der Waals surface area contributed by atoms with Gasteiger partial charge in [0.2, 0.25) is 5.91 Å². The molecule has 0 radical (unpaired) electrons. The summed E-state index contributed by atoms with van der Waals surface area (Å²) in [5.41, 5.74) is 0. The zero-order valence-corrected chi connectivity index (χ0v) is 40.2. The summed E-state index contributed by atoms with van der Waals surface area (Å²) in [6, 6.07) is -0.692. The maximum atomic E-state index is 13.2. The second kappa shape index (κ2) is 47.9. The molecule has 3 unspecified atom stereocenters. The van der Waals surface area contributed by atoms with Gasteiger partial charge >= 0.3 is 5.97 Å². The van der Waals surface area contributed by atoms with Crippen LogP contribution in [0.4, 0.5) is 0 Å². The monoisotopic (exact) mass is 836 g/mol. The number of carbonyl (C=O) groups is 2. The molecule has 0 aliphatic carbocycles. The van der Waals surface area contributed by atoms with Gasteiger partial charge in [-0.05, 0) is 25.7 Å². The largest absolute Gasteiger partial charge is 0.462 e. The van der Waals surface area contributed by atoms with Gasteiger partial charge in [-0.1, -0.05) is 265 Å². The molecule has 0 fully saturated rings. The van der Waals surface area contributed by atoms with Gasteiger partial charge in [0, 0.05) is 6.42 Å². The van der Waals surface area contributed by atoms with E-state index in [2.05, 4.69) is 26.1 Å². The third kappa shape index (κ3) is 43.3. The van der Waals surface area contributed by atoms with E-state index < -0.39 is 18.2 Å². The third-order valence-corrected chi connectivity index (χ3v) is 12.7. The molecule has 0 aromatic carbocycles. The molecule has 3 N–H and O–H groups in total. The lowest BCUT2D eigenvalue weighted by Crippen LogP contribution is -2.46. The number of aliphatic hydroxyl groups excluding tert-OH is 2. The lowest BCUT2D eigenvalue weighted by molar-refractivity contribution is -0.151. The van der Waals surface area contributed by atoms with Crippen LogP contribution < -0.4 is 5.32 Å². The molecule has 0 saturated heterocycles. The number of rotatable bonds is 49. The Bertz CT molecular complexity index is 852. The van der Waals surface area contributed by atoms with Crippen molar-refractivity contribution in [2.24, 2.45) is 0 Å². The number of unbranched alkanes of at least 4 members (excludes halogenated alkanes) is 37. The van der Waals surface area contributed by atoms with Crippen molar-refractivity contribution in [3.05, 3.63) is 0 Å². The maximum Gasteiger partial charge on any atom is 0.306 e. The van der Waals surface area contributed by atoms with Crippen LogP contribution in [-0.4, -0.2) is 46.9 Å². The van der Waals surface area contributed by atoms with Crippen LogP contribution in [0.15, 0.2) is 0 Å². The molecule has 0 spiro atoms. The molecular formula is C53H105NO5. The van der Waals surface area contributed by atoms with Crippen LogP contribution in [0.25, 0.3) is 0 Å².